The van der Waals surface area contributed by atoms with E-state index in [1.54, 1.807) is 13.8 Å². The molecule has 0 aromatic heterocycles. The molecule has 124 valence electrons. The highest BCUT2D eigenvalue weighted by Crippen LogP contribution is 2.03. The van der Waals surface area contributed by atoms with Crippen LogP contribution in [0.1, 0.15) is 13.8 Å². The highest BCUT2D eigenvalue weighted by Gasteiger charge is 2.18. The second-order valence-corrected chi connectivity index (χ2v) is 4.54. The Morgan fingerprint density at radius 1 is 1.22 bits per heavy atom. The number of amides is 1. The quantitative estimate of drug-likeness (QED) is 0.392. The summed E-state index contributed by atoms with van der Waals surface area (Å²) in [5, 5.41) is 4.84. The van der Waals surface area contributed by atoms with E-state index in [0.717, 1.165) is 18.4 Å². The molecular weight excluding hydrogens is 308 g/mol. The van der Waals surface area contributed by atoms with Gasteiger partial charge >= 0.3 is 17.9 Å². The van der Waals surface area contributed by atoms with Crippen molar-refractivity contribution in [2.75, 3.05) is 6.79 Å². The van der Waals surface area contributed by atoms with Gasteiger partial charge in [-0.2, -0.15) is 0 Å². The summed E-state index contributed by atoms with van der Waals surface area (Å²) in [5.74, 6) is -3.44. The highest BCUT2D eigenvalue weighted by molar-refractivity contribution is 5.98. The largest absolute Gasteiger partial charge is 0.428 e. The van der Waals surface area contributed by atoms with Crippen molar-refractivity contribution in [1.29, 1.82) is 0 Å². The van der Waals surface area contributed by atoms with Crippen LogP contribution in [-0.4, -0.2) is 30.6 Å². The molecule has 0 bridgehead atoms. The van der Waals surface area contributed by atoms with Crippen LogP contribution < -0.4 is 10.6 Å². The first-order valence-corrected chi connectivity index (χ1v) is 6.50. The Hall–Kier alpha value is -3.10. The lowest BCUT2D eigenvalue weighted by Gasteiger charge is -2.15. The summed E-state index contributed by atoms with van der Waals surface area (Å²) >= 11 is 0. The van der Waals surface area contributed by atoms with Gasteiger partial charge < -0.3 is 24.8 Å². The summed E-state index contributed by atoms with van der Waals surface area (Å²) in [7, 11) is 0. The molecule has 1 aliphatic heterocycles. The molecule has 0 fully saturated rings. The van der Waals surface area contributed by atoms with Crippen molar-refractivity contribution < 1.29 is 33.4 Å². The average molecular weight is 324 g/mol. The van der Waals surface area contributed by atoms with Crippen LogP contribution in [0.5, 0.6) is 0 Å². The lowest BCUT2D eigenvalue weighted by atomic mass is 10.2. The van der Waals surface area contributed by atoms with Crippen LogP contribution in [0, 0.1) is 5.92 Å². The molecule has 9 heteroatoms. The van der Waals surface area contributed by atoms with Gasteiger partial charge in [0.1, 0.15) is 5.82 Å². The Morgan fingerprint density at radius 2 is 1.87 bits per heavy atom. The van der Waals surface area contributed by atoms with Crippen LogP contribution in [0.4, 0.5) is 0 Å². The number of esters is 3. The monoisotopic (exact) mass is 324 g/mol. The molecule has 0 spiro atoms. The van der Waals surface area contributed by atoms with Crippen LogP contribution in [0.25, 0.3) is 0 Å². The van der Waals surface area contributed by atoms with Crippen LogP contribution in [0.3, 0.4) is 0 Å². The van der Waals surface area contributed by atoms with E-state index in [0.29, 0.717) is 0 Å². The molecule has 9 nitrogen and oxygen atoms in total. The third kappa shape index (κ3) is 6.46. The summed E-state index contributed by atoms with van der Waals surface area (Å²) < 4.78 is 13.9. The second-order valence-electron chi connectivity index (χ2n) is 4.54. The first-order chi connectivity index (χ1) is 10.8. The number of hydrogen-bond donors (Lipinski definition) is 2. The fourth-order valence-corrected chi connectivity index (χ4v) is 1.17. The SMILES string of the molecule is C=C1NC=C(OC(=O)/C=C/C(=O)OCOC(=O)C(C)C)C(=O)N1. The Balaban J connectivity index is 2.37. The van der Waals surface area contributed by atoms with Gasteiger partial charge in [-0.3, -0.25) is 9.59 Å². The summed E-state index contributed by atoms with van der Waals surface area (Å²) in [4.78, 5) is 45.2. The van der Waals surface area contributed by atoms with E-state index >= 15 is 0 Å². The van der Waals surface area contributed by atoms with Gasteiger partial charge in [0.25, 0.3) is 5.91 Å². The Labute approximate surface area is 131 Å². The molecule has 0 unspecified atom stereocenters. The minimum absolute atomic E-state index is 0.241. The molecule has 1 amide bonds. The number of carbonyl (C=O) groups excluding carboxylic acids is 4. The molecule has 1 aliphatic rings. The fourth-order valence-electron chi connectivity index (χ4n) is 1.17. The third-order valence-electron chi connectivity index (χ3n) is 2.31. The first kappa shape index (κ1) is 18.0. The lowest BCUT2D eigenvalue weighted by Crippen LogP contribution is -2.36. The topological polar surface area (TPSA) is 120 Å². The van der Waals surface area contributed by atoms with Gasteiger partial charge in [-0.15, -0.1) is 0 Å². The average Bonchev–Trinajstić information content (AvgIpc) is 2.47. The van der Waals surface area contributed by atoms with E-state index in [9.17, 15) is 19.2 Å². The minimum atomic E-state index is -0.961. The summed E-state index contributed by atoms with van der Waals surface area (Å²) in [6, 6.07) is 0. The van der Waals surface area contributed by atoms with Crippen molar-refractivity contribution in [2.45, 2.75) is 13.8 Å². The van der Waals surface area contributed by atoms with Crippen LogP contribution in [-0.2, 0) is 33.4 Å². The fraction of sp³-hybridized carbons (Fsp3) is 0.286. The van der Waals surface area contributed by atoms with E-state index in [4.69, 9.17) is 4.74 Å². The van der Waals surface area contributed by atoms with Gasteiger partial charge in [0, 0.05) is 12.2 Å². The maximum atomic E-state index is 11.4. The van der Waals surface area contributed by atoms with Crippen molar-refractivity contribution in [2.24, 2.45) is 5.92 Å². The Kier molecular flexibility index (Phi) is 6.53. The van der Waals surface area contributed by atoms with Crippen molar-refractivity contribution in [3.05, 3.63) is 36.5 Å². The second kappa shape index (κ2) is 8.37. The molecule has 0 radical (unpaired) electrons. The van der Waals surface area contributed by atoms with Crippen molar-refractivity contribution in [3.63, 3.8) is 0 Å². The predicted molar refractivity (Wildman–Crippen MR) is 75.6 cm³/mol. The van der Waals surface area contributed by atoms with Gasteiger partial charge in [-0.05, 0) is 0 Å². The van der Waals surface area contributed by atoms with E-state index in [1.807, 2.05) is 0 Å². The molecule has 0 saturated carbocycles. The van der Waals surface area contributed by atoms with E-state index in [-0.39, 0.29) is 17.5 Å². The lowest BCUT2D eigenvalue weighted by molar-refractivity contribution is -0.166. The molecule has 1 rings (SSSR count). The maximum absolute atomic E-state index is 11.4. The standard InChI is InChI=1S/C14H16N2O7/c1-8(2)14(20)22-7-21-11(17)4-5-12(18)23-10-6-15-9(3)16-13(10)19/h4-6,8,15H,3,7H2,1-2H3,(H,16,19)/b5-4+. The van der Waals surface area contributed by atoms with Gasteiger partial charge in [-0.25, -0.2) is 9.59 Å². The molecule has 2 N–H and O–H groups in total. The molecule has 0 aliphatic carbocycles. The summed E-state index contributed by atoms with van der Waals surface area (Å²) in [5.41, 5.74) is 0. The van der Waals surface area contributed by atoms with E-state index < -0.39 is 30.6 Å². The van der Waals surface area contributed by atoms with E-state index in [1.165, 1.54) is 0 Å². The molecule has 0 saturated heterocycles. The van der Waals surface area contributed by atoms with Crippen molar-refractivity contribution >= 4 is 23.8 Å². The van der Waals surface area contributed by atoms with Crippen LogP contribution in [0.15, 0.2) is 36.5 Å². The molecular formula is C14H16N2O7. The molecule has 23 heavy (non-hydrogen) atoms. The summed E-state index contributed by atoms with van der Waals surface area (Å²) in [6.07, 6.45) is 2.69. The van der Waals surface area contributed by atoms with Gasteiger partial charge in [0.2, 0.25) is 12.6 Å². The normalized spacial score (nSPS) is 14.0. The Bertz CT molecular complexity index is 590. The van der Waals surface area contributed by atoms with Crippen LogP contribution >= 0.6 is 0 Å². The van der Waals surface area contributed by atoms with Gasteiger partial charge in [0.05, 0.1) is 12.1 Å². The highest BCUT2D eigenvalue weighted by atomic mass is 16.7. The van der Waals surface area contributed by atoms with Gasteiger partial charge in [-0.1, -0.05) is 20.4 Å². The zero-order valence-corrected chi connectivity index (χ0v) is 12.6. The number of ether oxygens (including phenoxy) is 3. The van der Waals surface area contributed by atoms with Crippen LogP contribution in [0.2, 0.25) is 0 Å². The number of nitrogens with one attached hydrogen (secondary N) is 2. The zero-order chi connectivity index (χ0) is 17.4. The third-order valence-corrected chi connectivity index (χ3v) is 2.31. The molecule has 0 aromatic rings. The Morgan fingerprint density at radius 3 is 2.48 bits per heavy atom. The molecule has 1 heterocycles. The zero-order valence-electron chi connectivity index (χ0n) is 12.6. The minimum Gasteiger partial charge on any atom is -0.428 e. The van der Waals surface area contributed by atoms with E-state index in [2.05, 4.69) is 26.7 Å². The summed E-state index contributed by atoms with van der Waals surface area (Å²) in [6.45, 7) is 6.14. The molecule has 0 aromatic carbocycles. The maximum Gasteiger partial charge on any atom is 0.336 e. The number of rotatable bonds is 6. The smallest absolute Gasteiger partial charge is 0.336 e. The van der Waals surface area contributed by atoms with Gasteiger partial charge in [0.15, 0.2) is 0 Å². The first-order valence-electron chi connectivity index (χ1n) is 6.50. The van der Waals surface area contributed by atoms with Crippen molar-refractivity contribution in [1.82, 2.24) is 10.6 Å². The van der Waals surface area contributed by atoms with Crippen molar-refractivity contribution in [3.8, 4) is 0 Å². The number of carbonyl (C=O) groups is 4. The predicted octanol–water partition coefficient (Wildman–Crippen LogP) is -0.182. The molecule has 0 atom stereocenters. The number of hydrogen-bond acceptors (Lipinski definition) is 8.